The molecule has 1 aromatic carbocycles. The zero-order valence-corrected chi connectivity index (χ0v) is 11.6. The molecule has 4 heteroatoms. The fourth-order valence-corrected chi connectivity index (χ4v) is 2.29. The van der Waals surface area contributed by atoms with Gasteiger partial charge in [-0.05, 0) is 44.9 Å². The first kappa shape index (κ1) is 13.8. The van der Waals surface area contributed by atoms with Crippen molar-refractivity contribution in [1.82, 2.24) is 4.90 Å². The number of likely N-dealkylation sites (tertiary alicyclic amines) is 1. The molecule has 1 heterocycles. The summed E-state index contributed by atoms with van der Waals surface area (Å²) in [6.07, 6.45) is 0.564. The smallest absolute Gasteiger partial charge is 0.410 e. The van der Waals surface area contributed by atoms with Crippen molar-refractivity contribution in [1.29, 1.82) is 0 Å². The molecule has 1 aliphatic rings. The maximum Gasteiger partial charge on any atom is 0.410 e. The van der Waals surface area contributed by atoms with E-state index in [1.165, 1.54) is 6.07 Å². The third-order valence-electron chi connectivity index (χ3n) is 3.16. The Morgan fingerprint density at radius 2 is 2.16 bits per heavy atom. The lowest BCUT2D eigenvalue weighted by Crippen LogP contribution is -2.35. The highest BCUT2D eigenvalue weighted by molar-refractivity contribution is 5.68. The van der Waals surface area contributed by atoms with Crippen molar-refractivity contribution in [3.63, 3.8) is 0 Å². The molecule has 2 rings (SSSR count). The number of carbonyl (C=O) groups is 1. The Morgan fingerprint density at radius 3 is 2.79 bits per heavy atom. The highest BCUT2D eigenvalue weighted by Crippen LogP contribution is 2.28. The van der Waals surface area contributed by atoms with E-state index in [0.717, 1.165) is 12.0 Å². The van der Waals surface area contributed by atoms with Crippen molar-refractivity contribution in [3.8, 4) is 0 Å². The highest BCUT2D eigenvalue weighted by atomic mass is 19.1. The van der Waals surface area contributed by atoms with Gasteiger partial charge < -0.3 is 9.64 Å². The minimum absolute atomic E-state index is 0.197. The van der Waals surface area contributed by atoms with Gasteiger partial charge in [-0.3, -0.25) is 0 Å². The van der Waals surface area contributed by atoms with Crippen molar-refractivity contribution < 1.29 is 13.9 Å². The third-order valence-corrected chi connectivity index (χ3v) is 3.16. The van der Waals surface area contributed by atoms with Gasteiger partial charge in [0.05, 0.1) is 0 Å². The zero-order valence-electron chi connectivity index (χ0n) is 11.6. The maximum atomic E-state index is 13.2. The van der Waals surface area contributed by atoms with Crippen LogP contribution in [0.1, 0.15) is 38.7 Å². The Kier molecular flexibility index (Phi) is 3.78. The van der Waals surface area contributed by atoms with Crippen molar-refractivity contribution >= 4 is 6.09 Å². The summed E-state index contributed by atoms with van der Waals surface area (Å²) in [4.78, 5) is 13.6. The lowest BCUT2D eigenvalue weighted by molar-refractivity contribution is 0.0292. The number of carbonyl (C=O) groups excluding carboxylic acids is 1. The summed E-state index contributed by atoms with van der Waals surface area (Å²) < 4.78 is 18.5. The number of hydrogen-bond acceptors (Lipinski definition) is 2. The second-order valence-electron chi connectivity index (χ2n) is 5.97. The van der Waals surface area contributed by atoms with Crippen molar-refractivity contribution in [2.24, 2.45) is 0 Å². The molecule has 0 spiro atoms. The predicted molar refractivity (Wildman–Crippen MR) is 71.6 cm³/mol. The van der Waals surface area contributed by atoms with E-state index in [0.29, 0.717) is 13.1 Å². The summed E-state index contributed by atoms with van der Waals surface area (Å²) >= 11 is 0. The minimum Gasteiger partial charge on any atom is -0.444 e. The first-order valence-electron chi connectivity index (χ1n) is 6.58. The van der Waals surface area contributed by atoms with E-state index in [1.807, 2.05) is 26.8 Å². The van der Waals surface area contributed by atoms with Gasteiger partial charge in [0, 0.05) is 19.0 Å². The molecular formula is C15H20FNO2. The zero-order chi connectivity index (χ0) is 14.0. The van der Waals surface area contributed by atoms with Gasteiger partial charge in [0.25, 0.3) is 0 Å². The van der Waals surface area contributed by atoms with Crippen LogP contribution in [0, 0.1) is 5.82 Å². The molecule has 19 heavy (non-hydrogen) atoms. The van der Waals surface area contributed by atoms with Crippen molar-refractivity contribution in [3.05, 3.63) is 35.6 Å². The van der Waals surface area contributed by atoms with Crippen LogP contribution in [0.3, 0.4) is 0 Å². The molecule has 1 aliphatic heterocycles. The monoisotopic (exact) mass is 265 g/mol. The Bertz CT molecular complexity index is 467. The molecule has 0 radical (unpaired) electrons. The second-order valence-corrected chi connectivity index (χ2v) is 5.97. The Morgan fingerprint density at radius 1 is 1.42 bits per heavy atom. The number of hydrogen-bond donors (Lipinski definition) is 0. The molecule has 3 nitrogen and oxygen atoms in total. The molecule has 0 unspecified atom stereocenters. The standard InChI is InChI=1S/C15H20FNO2/c1-15(2,3)19-14(18)17-8-7-12(10-17)11-5-4-6-13(16)9-11/h4-6,9,12H,7-8,10H2,1-3H3/t12-/m0/s1. The fraction of sp³-hybridized carbons (Fsp3) is 0.533. The topological polar surface area (TPSA) is 29.5 Å². The molecule has 104 valence electrons. The average Bonchev–Trinajstić information content (AvgIpc) is 2.75. The lowest BCUT2D eigenvalue weighted by Gasteiger charge is -2.24. The molecule has 1 fully saturated rings. The number of rotatable bonds is 1. The van der Waals surface area contributed by atoms with Crippen LogP contribution in [-0.4, -0.2) is 29.7 Å². The van der Waals surface area contributed by atoms with Crippen LogP contribution in [-0.2, 0) is 4.74 Å². The van der Waals surface area contributed by atoms with Gasteiger partial charge in [-0.2, -0.15) is 0 Å². The van der Waals surface area contributed by atoms with Gasteiger partial charge in [-0.25, -0.2) is 9.18 Å². The van der Waals surface area contributed by atoms with Gasteiger partial charge in [0.15, 0.2) is 0 Å². The summed E-state index contributed by atoms with van der Waals surface area (Å²) in [5, 5.41) is 0. The van der Waals surface area contributed by atoms with Gasteiger partial charge in [0.2, 0.25) is 0 Å². The van der Waals surface area contributed by atoms with Crippen LogP contribution >= 0.6 is 0 Å². The summed E-state index contributed by atoms with van der Waals surface area (Å²) in [5.74, 6) is -0.0311. The number of benzene rings is 1. The van der Waals surface area contributed by atoms with Crippen molar-refractivity contribution in [2.45, 2.75) is 38.7 Å². The van der Waals surface area contributed by atoms with Crippen LogP contribution < -0.4 is 0 Å². The number of nitrogens with zero attached hydrogens (tertiary/aromatic N) is 1. The Balaban J connectivity index is 1.98. The van der Waals surface area contributed by atoms with E-state index in [1.54, 1.807) is 17.0 Å². The summed E-state index contributed by atoms with van der Waals surface area (Å²) in [7, 11) is 0. The molecule has 0 bridgehead atoms. The van der Waals surface area contributed by atoms with E-state index in [-0.39, 0.29) is 17.8 Å². The minimum atomic E-state index is -0.478. The largest absolute Gasteiger partial charge is 0.444 e. The quantitative estimate of drug-likeness (QED) is 0.777. The van der Waals surface area contributed by atoms with E-state index >= 15 is 0 Å². The van der Waals surface area contributed by atoms with E-state index < -0.39 is 5.60 Å². The molecule has 0 aromatic heterocycles. The normalized spacial score (nSPS) is 19.6. The Hall–Kier alpha value is -1.58. The van der Waals surface area contributed by atoms with Gasteiger partial charge in [0.1, 0.15) is 11.4 Å². The molecule has 0 aliphatic carbocycles. The van der Waals surface area contributed by atoms with E-state index in [4.69, 9.17) is 4.74 Å². The summed E-state index contributed by atoms with van der Waals surface area (Å²) in [6.45, 7) is 6.82. The van der Waals surface area contributed by atoms with Crippen molar-refractivity contribution in [2.75, 3.05) is 13.1 Å². The third kappa shape index (κ3) is 3.69. The average molecular weight is 265 g/mol. The molecule has 1 atom stereocenters. The van der Waals surface area contributed by atoms with Crippen LogP contribution in [0.2, 0.25) is 0 Å². The molecule has 1 amide bonds. The van der Waals surface area contributed by atoms with E-state index in [2.05, 4.69) is 0 Å². The fourth-order valence-electron chi connectivity index (χ4n) is 2.29. The van der Waals surface area contributed by atoms with Crippen LogP contribution in [0.4, 0.5) is 9.18 Å². The summed E-state index contributed by atoms with van der Waals surface area (Å²) in [5.41, 5.74) is 0.472. The SMILES string of the molecule is CC(C)(C)OC(=O)N1CC[C@H](c2cccc(F)c2)C1. The maximum absolute atomic E-state index is 13.2. The number of ether oxygens (including phenoxy) is 1. The first-order valence-corrected chi connectivity index (χ1v) is 6.58. The van der Waals surface area contributed by atoms with Crippen LogP contribution in [0.5, 0.6) is 0 Å². The lowest BCUT2D eigenvalue weighted by atomic mass is 9.98. The second kappa shape index (κ2) is 5.19. The van der Waals surface area contributed by atoms with Gasteiger partial charge in [-0.15, -0.1) is 0 Å². The number of amides is 1. The molecule has 0 N–H and O–H groups in total. The van der Waals surface area contributed by atoms with Gasteiger partial charge >= 0.3 is 6.09 Å². The molecular weight excluding hydrogens is 245 g/mol. The molecule has 1 saturated heterocycles. The van der Waals surface area contributed by atoms with E-state index in [9.17, 15) is 9.18 Å². The van der Waals surface area contributed by atoms with Gasteiger partial charge in [-0.1, -0.05) is 12.1 Å². The highest BCUT2D eigenvalue weighted by Gasteiger charge is 2.30. The first-order chi connectivity index (χ1) is 8.85. The summed E-state index contributed by atoms with van der Waals surface area (Å²) in [6, 6.07) is 6.60. The predicted octanol–water partition coefficient (Wildman–Crippen LogP) is 3.55. The number of halogens is 1. The molecule has 0 saturated carbocycles. The Labute approximate surface area is 113 Å². The van der Waals surface area contributed by atoms with Crippen LogP contribution in [0.25, 0.3) is 0 Å². The van der Waals surface area contributed by atoms with Crippen LogP contribution in [0.15, 0.2) is 24.3 Å². The molecule has 1 aromatic rings.